The van der Waals surface area contributed by atoms with Crippen molar-refractivity contribution in [2.75, 3.05) is 6.54 Å². The van der Waals surface area contributed by atoms with Crippen molar-refractivity contribution < 1.29 is 4.39 Å². The number of hydrogen-bond acceptors (Lipinski definition) is 1. The zero-order valence-electron chi connectivity index (χ0n) is 11.4. The van der Waals surface area contributed by atoms with Crippen LogP contribution < -0.4 is 5.32 Å². The number of hydrogen-bond donors (Lipinski definition) is 1. The van der Waals surface area contributed by atoms with Gasteiger partial charge in [-0.15, -0.1) is 0 Å². The number of benzene rings is 1. The molecule has 0 aliphatic carbocycles. The van der Waals surface area contributed by atoms with Crippen LogP contribution in [-0.2, 0) is 0 Å². The molecule has 1 rings (SSSR count). The Bertz CT molecular complexity index is 347. The molecule has 0 aromatic heterocycles. The summed E-state index contributed by atoms with van der Waals surface area (Å²) in [5.74, 6) is 0.516. The predicted molar refractivity (Wildman–Crippen MR) is 71.6 cm³/mol. The molecule has 0 saturated heterocycles. The summed E-state index contributed by atoms with van der Waals surface area (Å²) in [7, 11) is 0. The lowest BCUT2D eigenvalue weighted by Crippen LogP contribution is -2.23. The average molecular weight is 237 g/mol. The van der Waals surface area contributed by atoms with Gasteiger partial charge in [-0.1, -0.05) is 32.9 Å². The maximum absolute atomic E-state index is 13.3. The second-order valence-electron chi connectivity index (χ2n) is 5.14. The van der Waals surface area contributed by atoms with E-state index in [1.54, 1.807) is 6.07 Å². The van der Waals surface area contributed by atoms with E-state index in [1.165, 1.54) is 5.56 Å². The van der Waals surface area contributed by atoms with Crippen LogP contribution in [0.1, 0.15) is 50.8 Å². The third-order valence-corrected chi connectivity index (χ3v) is 2.93. The molecular formula is C15H24FN. The molecule has 1 unspecified atom stereocenters. The van der Waals surface area contributed by atoms with Crippen LogP contribution in [0, 0.1) is 18.7 Å². The molecule has 1 N–H and O–H groups in total. The van der Waals surface area contributed by atoms with Gasteiger partial charge in [-0.25, -0.2) is 4.39 Å². The minimum absolute atomic E-state index is 0.118. The number of halogens is 1. The maximum atomic E-state index is 13.3. The van der Waals surface area contributed by atoms with Gasteiger partial charge in [0.2, 0.25) is 0 Å². The lowest BCUT2D eigenvalue weighted by atomic mass is 9.95. The monoisotopic (exact) mass is 237 g/mol. The highest BCUT2D eigenvalue weighted by atomic mass is 19.1. The van der Waals surface area contributed by atoms with Crippen molar-refractivity contribution in [2.24, 2.45) is 5.92 Å². The Morgan fingerprint density at radius 3 is 2.53 bits per heavy atom. The molecule has 0 saturated carbocycles. The van der Waals surface area contributed by atoms with Crippen LogP contribution in [0.25, 0.3) is 0 Å². The quantitative estimate of drug-likeness (QED) is 0.781. The standard InChI is InChI=1S/C15H24FN/c1-5-8-17-15(9-11(2)3)13-6-7-14(16)12(4)10-13/h6-7,10-11,15,17H,5,8-9H2,1-4H3. The third kappa shape index (κ3) is 4.47. The van der Waals surface area contributed by atoms with E-state index < -0.39 is 0 Å². The van der Waals surface area contributed by atoms with E-state index >= 15 is 0 Å². The Kier molecular flexibility index (Phi) is 5.63. The van der Waals surface area contributed by atoms with Crippen LogP contribution in [0.15, 0.2) is 18.2 Å². The largest absolute Gasteiger partial charge is 0.310 e. The summed E-state index contributed by atoms with van der Waals surface area (Å²) in [6.45, 7) is 9.43. The zero-order valence-corrected chi connectivity index (χ0v) is 11.4. The highest BCUT2D eigenvalue weighted by Crippen LogP contribution is 2.23. The third-order valence-electron chi connectivity index (χ3n) is 2.93. The van der Waals surface area contributed by atoms with E-state index in [-0.39, 0.29) is 5.82 Å². The molecule has 0 spiro atoms. The normalized spacial score (nSPS) is 13.1. The molecule has 1 nitrogen and oxygen atoms in total. The summed E-state index contributed by atoms with van der Waals surface area (Å²) in [4.78, 5) is 0. The molecular weight excluding hydrogens is 213 g/mol. The number of rotatable bonds is 6. The fourth-order valence-electron chi connectivity index (χ4n) is 2.01. The van der Waals surface area contributed by atoms with Crippen LogP contribution in [-0.4, -0.2) is 6.54 Å². The topological polar surface area (TPSA) is 12.0 Å². The van der Waals surface area contributed by atoms with E-state index in [9.17, 15) is 4.39 Å². The number of nitrogens with one attached hydrogen (secondary N) is 1. The summed E-state index contributed by atoms with van der Waals surface area (Å²) >= 11 is 0. The first-order valence-electron chi connectivity index (χ1n) is 6.54. The van der Waals surface area contributed by atoms with Gasteiger partial charge in [-0.3, -0.25) is 0 Å². The summed E-state index contributed by atoms with van der Waals surface area (Å²) in [6.07, 6.45) is 2.21. The number of aryl methyl sites for hydroxylation is 1. The molecule has 0 aliphatic heterocycles. The molecule has 0 heterocycles. The van der Waals surface area contributed by atoms with Gasteiger partial charge < -0.3 is 5.32 Å². The van der Waals surface area contributed by atoms with Gasteiger partial charge in [0, 0.05) is 6.04 Å². The highest BCUT2D eigenvalue weighted by Gasteiger charge is 2.13. The summed E-state index contributed by atoms with van der Waals surface area (Å²) < 4.78 is 13.3. The van der Waals surface area contributed by atoms with Gasteiger partial charge in [-0.2, -0.15) is 0 Å². The summed E-state index contributed by atoms with van der Waals surface area (Å²) in [5.41, 5.74) is 1.93. The van der Waals surface area contributed by atoms with Crippen molar-refractivity contribution in [3.05, 3.63) is 35.1 Å². The second-order valence-corrected chi connectivity index (χ2v) is 5.14. The molecule has 1 atom stereocenters. The van der Waals surface area contributed by atoms with Crippen LogP contribution >= 0.6 is 0 Å². The Morgan fingerprint density at radius 2 is 2.00 bits per heavy atom. The van der Waals surface area contributed by atoms with E-state index in [0.29, 0.717) is 12.0 Å². The highest BCUT2D eigenvalue weighted by molar-refractivity contribution is 5.26. The van der Waals surface area contributed by atoms with Crippen molar-refractivity contribution in [3.8, 4) is 0 Å². The van der Waals surface area contributed by atoms with Gasteiger partial charge in [0.1, 0.15) is 5.82 Å². The maximum Gasteiger partial charge on any atom is 0.126 e. The minimum Gasteiger partial charge on any atom is -0.310 e. The fourth-order valence-corrected chi connectivity index (χ4v) is 2.01. The van der Waals surface area contributed by atoms with Crippen molar-refractivity contribution in [1.29, 1.82) is 0 Å². The van der Waals surface area contributed by atoms with E-state index in [4.69, 9.17) is 0 Å². The smallest absolute Gasteiger partial charge is 0.126 e. The summed E-state index contributed by atoms with van der Waals surface area (Å²) in [6, 6.07) is 5.78. The lowest BCUT2D eigenvalue weighted by molar-refractivity contribution is 0.429. The van der Waals surface area contributed by atoms with E-state index in [1.807, 2.05) is 19.1 Å². The van der Waals surface area contributed by atoms with Crippen LogP contribution in [0.2, 0.25) is 0 Å². The van der Waals surface area contributed by atoms with Crippen molar-refractivity contribution >= 4 is 0 Å². The molecule has 0 amide bonds. The first-order valence-corrected chi connectivity index (χ1v) is 6.54. The molecule has 1 aromatic carbocycles. The average Bonchev–Trinajstić information content (AvgIpc) is 2.27. The molecule has 0 bridgehead atoms. The second kappa shape index (κ2) is 6.75. The SMILES string of the molecule is CCCNC(CC(C)C)c1ccc(F)c(C)c1. The Labute approximate surface area is 104 Å². The molecule has 0 radical (unpaired) electrons. The molecule has 1 aromatic rings. The van der Waals surface area contributed by atoms with Gasteiger partial charge in [0.15, 0.2) is 0 Å². The Hall–Kier alpha value is -0.890. The van der Waals surface area contributed by atoms with Crippen molar-refractivity contribution in [3.63, 3.8) is 0 Å². The molecule has 2 heteroatoms. The van der Waals surface area contributed by atoms with Crippen LogP contribution in [0.3, 0.4) is 0 Å². The van der Waals surface area contributed by atoms with Gasteiger partial charge in [0.25, 0.3) is 0 Å². The fraction of sp³-hybridized carbons (Fsp3) is 0.600. The van der Waals surface area contributed by atoms with Crippen molar-refractivity contribution in [2.45, 2.75) is 46.6 Å². The van der Waals surface area contributed by atoms with Crippen molar-refractivity contribution in [1.82, 2.24) is 5.32 Å². The minimum atomic E-state index is -0.118. The van der Waals surface area contributed by atoms with Gasteiger partial charge in [-0.05, 0) is 49.4 Å². The first-order chi connectivity index (χ1) is 8.04. The molecule has 0 aliphatic rings. The van der Waals surface area contributed by atoms with Crippen LogP contribution in [0.4, 0.5) is 4.39 Å². The molecule has 96 valence electrons. The Balaban J connectivity index is 2.83. The Morgan fingerprint density at radius 1 is 1.29 bits per heavy atom. The lowest BCUT2D eigenvalue weighted by Gasteiger charge is -2.21. The zero-order chi connectivity index (χ0) is 12.8. The summed E-state index contributed by atoms with van der Waals surface area (Å²) in [5, 5.41) is 3.54. The van der Waals surface area contributed by atoms with Gasteiger partial charge >= 0.3 is 0 Å². The van der Waals surface area contributed by atoms with E-state index in [0.717, 1.165) is 24.9 Å². The van der Waals surface area contributed by atoms with Gasteiger partial charge in [0.05, 0.1) is 0 Å². The first kappa shape index (κ1) is 14.2. The molecule has 0 fully saturated rings. The predicted octanol–water partition coefficient (Wildman–Crippen LogP) is 4.22. The van der Waals surface area contributed by atoms with Crippen LogP contribution in [0.5, 0.6) is 0 Å². The van der Waals surface area contributed by atoms with E-state index in [2.05, 4.69) is 26.1 Å². The molecule has 17 heavy (non-hydrogen) atoms.